The second-order valence-electron chi connectivity index (χ2n) is 6.03. The standard InChI is InChI=1S/C17H24N4OS.2ClH/c1-23-12-16-20-14-4-2-3-5-15(14)21(16)11-17(22)19-9-7-13-6-8-18-10-13;;/h2-5,13,18H,6-12H2,1H3,(H,19,22);2*1H. The van der Waals surface area contributed by atoms with Crippen molar-refractivity contribution in [3.8, 4) is 0 Å². The summed E-state index contributed by atoms with van der Waals surface area (Å²) in [5.74, 6) is 2.56. The van der Waals surface area contributed by atoms with Gasteiger partial charge in [-0.3, -0.25) is 4.79 Å². The molecule has 1 amide bonds. The number of hydrogen-bond acceptors (Lipinski definition) is 4. The normalized spacial score (nSPS) is 16.3. The second kappa shape index (κ2) is 10.9. The van der Waals surface area contributed by atoms with Crippen molar-refractivity contribution < 1.29 is 4.79 Å². The summed E-state index contributed by atoms with van der Waals surface area (Å²) in [7, 11) is 0. The van der Waals surface area contributed by atoms with Gasteiger partial charge in [0.15, 0.2) is 0 Å². The molecule has 2 aromatic rings. The highest BCUT2D eigenvalue weighted by Crippen LogP contribution is 2.18. The number of rotatable bonds is 7. The van der Waals surface area contributed by atoms with E-state index < -0.39 is 0 Å². The Bertz CT molecular complexity index is 674. The number of hydrogen-bond donors (Lipinski definition) is 2. The lowest BCUT2D eigenvalue weighted by Gasteiger charge is -2.11. The van der Waals surface area contributed by atoms with Crippen LogP contribution >= 0.6 is 36.6 Å². The van der Waals surface area contributed by atoms with Gasteiger partial charge in [-0.25, -0.2) is 4.98 Å². The molecule has 0 bridgehead atoms. The van der Waals surface area contributed by atoms with Gasteiger partial charge in [0.1, 0.15) is 12.4 Å². The van der Waals surface area contributed by atoms with Gasteiger partial charge >= 0.3 is 0 Å². The van der Waals surface area contributed by atoms with E-state index in [4.69, 9.17) is 0 Å². The molecule has 1 fully saturated rings. The molecule has 8 heteroatoms. The van der Waals surface area contributed by atoms with Crippen molar-refractivity contribution in [2.75, 3.05) is 25.9 Å². The summed E-state index contributed by atoms with van der Waals surface area (Å²) in [5, 5.41) is 6.42. The zero-order chi connectivity index (χ0) is 16.1. The topological polar surface area (TPSA) is 59.0 Å². The number of nitrogens with zero attached hydrogens (tertiary/aromatic N) is 2. The highest BCUT2D eigenvalue weighted by molar-refractivity contribution is 7.97. The lowest BCUT2D eigenvalue weighted by Crippen LogP contribution is -2.30. The second-order valence-corrected chi connectivity index (χ2v) is 6.90. The molecule has 3 rings (SSSR count). The molecule has 1 atom stereocenters. The van der Waals surface area contributed by atoms with Crippen LogP contribution in [0.4, 0.5) is 0 Å². The zero-order valence-electron chi connectivity index (χ0n) is 14.4. The highest BCUT2D eigenvalue weighted by Gasteiger charge is 2.15. The molecule has 1 unspecified atom stereocenters. The Balaban J connectivity index is 0.00000156. The molecular formula is C17H26Cl2N4OS. The molecular weight excluding hydrogens is 379 g/mol. The molecule has 1 aromatic heterocycles. The first-order valence-electron chi connectivity index (χ1n) is 8.18. The Hall–Kier alpha value is -0.950. The van der Waals surface area contributed by atoms with Crippen LogP contribution in [0.2, 0.25) is 0 Å². The minimum atomic E-state index is 0. The molecule has 2 heterocycles. The Labute approximate surface area is 165 Å². The molecule has 0 spiro atoms. The maximum atomic E-state index is 12.3. The summed E-state index contributed by atoms with van der Waals surface area (Å²) in [5.41, 5.74) is 1.99. The van der Waals surface area contributed by atoms with Crippen molar-refractivity contribution in [3.63, 3.8) is 0 Å². The third-order valence-corrected chi connectivity index (χ3v) is 4.89. The molecule has 1 aliphatic rings. The smallest absolute Gasteiger partial charge is 0.240 e. The van der Waals surface area contributed by atoms with Gasteiger partial charge in [0.05, 0.1) is 16.8 Å². The first-order valence-corrected chi connectivity index (χ1v) is 9.58. The summed E-state index contributed by atoms with van der Waals surface area (Å²) in [6.45, 7) is 3.30. The van der Waals surface area contributed by atoms with Crippen molar-refractivity contribution in [2.24, 2.45) is 5.92 Å². The molecule has 140 valence electrons. The van der Waals surface area contributed by atoms with E-state index in [1.807, 2.05) is 28.8 Å². The van der Waals surface area contributed by atoms with Crippen LogP contribution < -0.4 is 10.6 Å². The molecule has 1 aromatic carbocycles. The van der Waals surface area contributed by atoms with Gasteiger partial charge in [-0.2, -0.15) is 11.8 Å². The fraction of sp³-hybridized carbons (Fsp3) is 0.529. The zero-order valence-corrected chi connectivity index (χ0v) is 16.8. The number of halogens is 2. The summed E-state index contributed by atoms with van der Waals surface area (Å²) >= 11 is 1.72. The van der Waals surface area contributed by atoms with E-state index in [-0.39, 0.29) is 30.7 Å². The molecule has 1 aliphatic heterocycles. The van der Waals surface area contributed by atoms with Gasteiger partial charge in [0.25, 0.3) is 0 Å². The van der Waals surface area contributed by atoms with Crippen molar-refractivity contribution in [2.45, 2.75) is 25.1 Å². The lowest BCUT2D eigenvalue weighted by atomic mass is 10.1. The fourth-order valence-electron chi connectivity index (χ4n) is 3.12. The number of benzene rings is 1. The average Bonchev–Trinajstić information content (AvgIpc) is 3.17. The quantitative estimate of drug-likeness (QED) is 0.744. The Morgan fingerprint density at radius 1 is 1.40 bits per heavy atom. The van der Waals surface area contributed by atoms with E-state index in [1.165, 1.54) is 6.42 Å². The largest absolute Gasteiger partial charge is 0.355 e. The molecule has 0 radical (unpaired) electrons. The van der Waals surface area contributed by atoms with Crippen LogP contribution in [-0.4, -0.2) is 41.3 Å². The van der Waals surface area contributed by atoms with E-state index in [9.17, 15) is 4.79 Å². The number of imidazole rings is 1. The summed E-state index contributed by atoms with van der Waals surface area (Å²) in [4.78, 5) is 17.0. The van der Waals surface area contributed by atoms with Gasteiger partial charge in [-0.15, -0.1) is 24.8 Å². The minimum Gasteiger partial charge on any atom is -0.355 e. The van der Waals surface area contributed by atoms with Crippen molar-refractivity contribution in [1.29, 1.82) is 0 Å². The van der Waals surface area contributed by atoms with Crippen molar-refractivity contribution in [1.82, 2.24) is 20.2 Å². The van der Waals surface area contributed by atoms with E-state index >= 15 is 0 Å². The van der Waals surface area contributed by atoms with Crippen molar-refractivity contribution >= 4 is 53.5 Å². The third kappa shape index (κ3) is 5.78. The van der Waals surface area contributed by atoms with Crippen LogP contribution in [-0.2, 0) is 17.1 Å². The molecule has 2 N–H and O–H groups in total. The van der Waals surface area contributed by atoms with Crippen LogP contribution in [0, 0.1) is 5.92 Å². The van der Waals surface area contributed by atoms with E-state index in [0.717, 1.165) is 48.7 Å². The van der Waals surface area contributed by atoms with Crippen LogP contribution in [0.5, 0.6) is 0 Å². The molecule has 0 aliphatic carbocycles. The van der Waals surface area contributed by atoms with Gasteiger partial charge in [-0.05, 0) is 50.2 Å². The van der Waals surface area contributed by atoms with Gasteiger partial charge in [0.2, 0.25) is 5.91 Å². The third-order valence-electron chi connectivity index (χ3n) is 4.35. The van der Waals surface area contributed by atoms with Gasteiger partial charge < -0.3 is 15.2 Å². The van der Waals surface area contributed by atoms with E-state index in [0.29, 0.717) is 12.5 Å². The summed E-state index contributed by atoms with van der Waals surface area (Å²) in [6.07, 6.45) is 4.33. The van der Waals surface area contributed by atoms with E-state index in [1.54, 1.807) is 11.8 Å². The van der Waals surface area contributed by atoms with Crippen molar-refractivity contribution in [3.05, 3.63) is 30.1 Å². The molecule has 5 nitrogen and oxygen atoms in total. The SMILES string of the molecule is CSCc1nc2ccccc2n1CC(=O)NCCC1CCNC1.Cl.Cl. The first kappa shape index (κ1) is 22.1. The number of fused-ring (bicyclic) bond motifs is 1. The maximum absolute atomic E-state index is 12.3. The number of nitrogens with one attached hydrogen (secondary N) is 2. The molecule has 25 heavy (non-hydrogen) atoms. The average molecular weight is 405 g/mol. The number of thioether (sulfide) groups is 1. The number of amides is 1. The van der Waals surface area contributed by atoms with Crippen LogP contribution in [0.15, 0.2) is 24.3 Å². The molecule has 1 saturated heterocycles. The number of aromatic nitrogens is 2. The Morgan fingerprint density at radius 3 is 2.92 bits per heavy atom. The predicted molar refractivity (Wildman–Crippen MR) is 110 cm³/mol. The predicted octanol–water partition coefficient (Wildman–Crippen LogP) is 2.86. The van der Waals surface area contributed by atoms with Gasteiger partial charge in [-0.1, -0.05) is 12.1 Å². The summed E-state index contributed by atoms with van der Waals surface area (Å²) in [6, 6.07) is 8.01. The number of carbonyl (C=O) groups is 1. The number of para-hydroxylation sites is 2. The minimum absolute atomic E-state index is 0. The Morgan fingerprint density at radius 2 is 2.20 bits per heavy atom. The van der Waals surface area contributed by atoms with Crippen LogP contribution in [0.1, 0.15) is 18.7 Å². The van der Waals surface area contributed by atoms with E-state index in [2.05, 4.69) is 21.9 Å². The fourth-order valence-corrected chi connectivity index (χ4v) is 3.60. The maximum Gasteiger partial charge on any atom is 0.240 e. The van der Waals surface area contributed by atoms with Crippen LogP contribution in [0.25, 0.3) is 11.0 Å². The Kier molecular flexibility index (Phi) is 9.64. The first-order chi connectivity index (χ1) is 11.3. The lowest BCUT2D eigenvalue weighted by molar-refractivity contribution is -0.121. The number of carbonyl (C=O) groups excluding carboxylic acids is 1. The highest BCUT2D eigenvalue weighted by atomic mass is 35.5. The van der Waals surface area contributed by atoms with Crippen LogP contribution in [0.3, 0.4) is 0 Å². The van der Waals surface area contributed by atoms with Gasteiger partial charge in [0, 0.05) is 6.54 Å². The molecule has 0 saturated carbocycles. The summed E-state index contributed by atoms with van der Waals surface area (Å²) < 4.78 is 2.04. The monoisotopic (exact) mass is 404 g/mol.